The second-order valence-electron chi connectivity index (χ2n) is 7.50. The highest BCUT2D eigenvalue weighted by Gasteiger charge is 2.16. The van der Waals surface area contributed by atoms with E-state index >= 15 is 0 Å². The van der Waals surface area contributed by atoms with Gasteiger partial charge in [-0.25, -0.2) is 0 Å². The molecule has 3 N–H and O–H groups in total. The molecule has 0 spiro atoms. The number of hydrogen-bond acceptors (Lipinski definition) is 2. The third kappa shape index (κ3) is 5.90. The summed E-state index contributed by atoms with van der Waals surface area (Å²) in [5.41, 5.74) is 1.99. The van der Waals surface area contributed by atoms with Gasteiger partial charge < -0.3 is 15.5 Å². The van der Waals surface area contributed by atoms with Crippen LogP contribution in [0.4, 0.5) is 5.69 Å². The van der Waals surface area contributed by atoms with Crippen molar-refractivity contribution in [3.8, 4) is 0 Å². The van der Waals surface area contributed by atoms with Gasteiger partial charge in [0.1, 0.15) is 0 Å². The van der Waals surface area contributed by atoms with Gasteiger partial charge in [-0.05, 0) is 22.9 Å². The number of benzene rings is 3. The Labute approximate surface area is 171 Å². The molecule has 3 rings (SSSR count). The van der Waals surface area contributed by atoms with Gasteiger partial charge in [-0.2, -0.15) is 0 Å². The van der Waals surface area contributed by atoms with E-state index in [9.17, 15) is 9.59 Å². The van der Waals surface area contributed by atoms with Crippen molar-refractivity contribution in [2.24, 2.45) is 0 Å². The molecule has 0 bridgehead atoms. The third-order valence-corrected chi connectivity index (χ3v) is 4.96. The zero-order valence-electron chi connectivity index (χ0n) is 16.9. The fourth-order valence-corrected chi connectivity index (χ4v) is 3.37. The Morgan fingerprint density at radius 2 is 1.52 bits per heavy atom. The number of hydrogen-bond donors (Lipinski definition) is 3. The Kier molecular flexibility index (Phi) is 6.98. The van der Waals surface area contributed by atoms with Gasteiger partial charge in [0.25, 0.3) is 11.8 Å². The number of rotatable bonds is 8. The van der Waals surface area contributed by atoms with E-state index in [1.807, 2.05) is 67.7 Å². The lowest BCUT2D eigenvalue weighted by atomic mass is 10.0. The first-order chi connectivity index (χ1) is 14.0. The van der Waals surface area contributed by atoms with Crippen molar-refractivity contribution in [2.75, 3.05) is 32.0 Å². The largest absolute Gasteiger partial charge is 0.351 e. The maximum Gasteiger partial charge on any atom is 0.279 e. The molecule has 0 aliphatic rings. The molecule has 0 saturated carbocycles. The summed E-state index contributed by atoms with van der Waals surface area (Å²) in [6.45, 7) is 3.15. The summed E-state index contributed by atoms with van der Waals surface area (Å²) in [6, 6.07) is 23.9. The summed E-state index contributed by atoms with van der Waals surface area (Å²) in [5, 5.41) is 8.03. The van der Waals surface area contributed by atoms with Crippen molar-refractivity contribution in [3.63, 3.8) is 0 Å². The molecule has 0 fully saturated rings. The van der Waals surface area contributed by atoms with Crippen LogP contribution in [-0.4, -0.2) is 38.5 Å². The molecule has 0 saturated heterocycles. The molecule has 5 heteroatoms. The smallest absolute Gasteiger partial charge is 0.279 e. The molecule has 0 aliphatic heterocycles. The molecule has 1 unspecified atom stereocenters. The summed E-state index contributed by atoms with van der Waals surface area (Å²) in [5.74, 6) is 0.0858. The van der Waals surface area contributed by atoms with Gasteiger partial charge in [0, 0.05) is 17.6 Å². The minimum Gasteiger partial charge on any atom is -0.351 e. The Bertz CT molecular complexity index is 967. The first-order valence-electron chi connectivity index (χ1n) is 9.93. The first kappa shape index (κ1) is 20.6. The van der Waals surface area contributed by atoms with Crippen molar-refractivity contribution in [2.45, 2.75) is 12.8 Å². The van der Waals surface area contributed by atoms with Crippen LogP contribution in [0.25, 0.3) is 10.8 Å². The molecule has 0 aromatic heterocycles. The third-order valence-electron chi connectivity index (χ3n) is 4.96. The van der Waals surface area contributed by atoms with Gasteiger partial charge >= 0.3 is 0 Å². The van der Waals surface area contributed by atoms with Crippen molar-refractivity contribution in [1.29, 1.82) is 0 Å². The molecular formula is C24H28N3O2+. The topological polar surface area (TPSA) is 62.6 Å². The van der Waals surface area contributed by atoms with Crippen molar-refractivity contribution in [1.82, 2.24) is 5.32 Å². The first-order valence-corrected chi connectivity index (χ1v) is 9.93. The lowest BCUT2D eigenvalue weighted by Crippen LogP contribution is -3.11. The predicted octanol–water partition coefficient (Wildman–Crippen LogP) is 2.21. The summed E-state index contributed by atoms with van der Waals surface area (Å²) in [6.07, 6.45) is 0. The van der Waals surface area contributed by atoms with Gasteiger partial charge in [0.15, 0.2) is 13.1 Å². The van der Waals surface area contributed by atoms with E-state index in [1.54, 1.807) is 0 Å². The van der Waals surface area contributed by atoms with Crippen molar-refractivity contribution in [3.05, 3.63) is 78.4 Å². The van der Waals surface area contributed by atoms with Crippen LogP contribution in [-0.2, 0) is 9.59 Å². The van der Waals surface area contributed by atoms with Crippen LogP contribution in [0.1, 0.15) is 18.4 Å². The second kappa shape index (κ2) is 9.85. The molecule has 2 amide bonds. The SMILES string of the molecule is C[C@@H](CNC(=O)C[NH+](C)CC(=O)Nc1cccc2ccccc12)c1ccccc1. The van der Waals surface area contributed by atoms with Crippen LogP contribution in [0.5, 0.6) is 0 Å². The highest BCUT2D eigenvalue weighted by Crippen LogP contribution is 2.22. The normalized spacial score (nSPS) is 12.9. The fourth-order valence-electron chi connectivity index (χ4n) is 3.37. The van der Waals surface area contributed by atoms with Gasteiger partial charge in [-0.1, -0.05) is 73.7 Å². The summed E-state index contributed by atoms with van der Waals surface area (Å²) in [4.78, 5) is 25.5. The minimum absolute atomic E-state index is 0.0526. The van der Waals surface area contributed by atoms with E-state index in [2.05, 4.69) is 29.7 Å². The predicted molar refractivity (Wildman–Crippen MR) is 117 cm³/mol. The number of quaternary nitrogens is 1. The average molecular weight is 391 g/mol. The quantitative estimate of drug-likeness (QED) is 0.552. The molecule has 2 atom stereocenters. The zero-order chi connectivity index (χ0) is 20.6. The zero-order valence-corrected chi connectivity index (χ0v) is 16.9. The van der Waals surface area contributed by atoms with E-state index in [-0.39, 0.29) is 30.8 Å². The van der Waals surface area contributed by atoms with E-state index in [0.29, 0.717) is 6.54 Å². The number of nitrogens with one attached hydrogen (secondary N) is 3. The van der Waals surface area contributed by atoms with Crippen LogP contribution in [0.2, 0.25) is 0 Å². The molecule has 0 heterocycles. The molecule has 150 valence electrons. The molecule has 5 nitrogen and oxygen atoms in total. The highest BCUT2D eigenvalue weighted by atomic mass is 16.2. The molecule has 0 aliphatic carbocycles. The van der Waals surface area contributed by atoms with E-state index in [1.165, 1.54) is 5.56 Å². The number of amides is 2. The van der Waals surface area contributed by atoms with E-state index < -0.39 is 0 Å². The number of anilines is 1. The number of fused-ring (bicyclic) bond motifs is 1. The fraction of sp³-hybridized carbons (Fsp3) is 0.250. The lowest BCUT2D eigenvalue weighted by Gasteiger charge is -2.16. The Morgan fingerprint density at radius 3 is 2.31 bits per heavy atom. The van der Waals surface area contributed by atoms with Gasteiger partial charge in [-0.3, -0.25) is 9.59 Å². The van der Waals surface area contributed by atoms with Crippen molar-refractivity contribution >= 4 is 28.3 Å². The lowest BCUT2D eigenvalue weighted by molar-refractivity contribution is -0.862. The highest BCUT2D eigenvalue weighted by molar-refractivity contribution is 6.02. The molecule has 0 radical (unpaired) electrons. The summed E-state index contributed by atoms with van der Waals surface area (Å²) >= 11 is 0. The van der Waals surface area contributed by atoms with Gasteiger partial charge in [0.2, 0.25) is 0 Å². The molecule has 3 aromatic rings. The van der Waals surface area contributed by atoms with E-state index in [4.69, 9.17) is 0 Å². The van der Waals surface area contributed by atoms with Crippen LogP contribution in [0, 0.1) is 0 Å². The number of carbonyl (C=O) groups excluding carboxylic acids is 2. The van der Waals surface area contributed by atoms with Crippen LogP contribution in [0.3, 0.4) is 0 Å². The summed E-state index contributed by atoms with van der Waals surface area (Å²) in [7, 11) is 1.85. The van der Waals surface area contributed by atoms with Crippen molar-refractivity contribution < 1.29 is 14.5 Å². The number of carbonyl (C=O) groups is 2. The molecular weight excluding hydrogens is 362 g/mol. The van der Waals surface area contributed by atoms with Crippen LogP contribution in [0.15, 0.2) is 72.8 Å². The standard InChI is InChI=1S/C24H27N3O2/c1-18(19-9-4-3-5-10-19)15-25-23(28)16-27(2)17-24(29)26-22-14-8-12-20-11-6-7-13-21(20)22/h3-14,18H,15-17H2,1-2H3,(H,25,28)(H,26,29)/p+1/t18-/m0/s1. The Balaban J connectivity index is 1.46. The number of likely N-dealkylation sites (N-methyl/N-ethyl adjacent to an activating group) is 1. The summed E-state index contributed by atoms with van der Waals surface area (Å²) < 4.78 is 0. The second-order valence-corrected chi connectivity index (χ2v) is 7.50. The minimum atomic E-state index is -0.107. The van der Waals surface area contributed by atoms with Crippen LogP contribution >= 0.6 is 0 Å². The Hall–Kier alpha value is -3.18. The average Bonchev–Trinajstić information content (AvgIpc) is 2.72. The molecule has 3 aromatic carbocycles. The maximum atomic E-state index is 12.4. The maximum absolute atomic E-state index is 12.4. The van der Waals surface area contributed by atoms with Gasteiger partial charge in [0.05, 0.1) is 7.05 Å². The Morgan fingerprint density at radius 1 is 0.862 bits per heavy atom. The monoisotopic (exact) mass is 390 g/mol. The van der Waals surface area contributed by atoms with Gasteiger partial charge in [-0.15, -0.1) is 0 Å². The molecule has 29 heavy (non-hydrogen) atoms. The van der Waals surface area contributed by atoms with Crippen LogP contribution < -0.4 is 15.5 Å². The van der Waals surface area contributed by atoms with E-state index in [0.717, 1.165) is 21.4 Å².